The molecule has 0 aliphatic carbocycles. The van der Waals surface area contributed by atoms with E-state index in [1.807, 2.05) is 0 Å². The van der Waals surface area contributed by atoms with Gasteiger partial charge in [0.25, 0.3) is 11.2 Å². The third-order valence-corrected chi connectivity index (χ3v) is 4.26. The number of hydrogen-bond donors (Lipinski definition) is 0. The maximum Gasteiger partial charge on any atom is 0.288 e. The number of aromatic nitrogens is 2. The summed E-state index contributed by atoms with van der Waals surface area (Å²) < 4.78 is 22.3. The molecule has 7 nitrogen and oxygen atoms in total. The zero-order valence-electron chi connectivity index (χ0n) is 11.6. The van der Waals surface area contributed by atoms with Gasteiger partial charge in [-0.2, -0.15) is 0 Å². The number of ether oxygens (including phenoxy) is 1. The van der Waals surface area contributed by atoms with Crippen LogP contribution in [-0.4, -0.2) is 27.5 Å². The molecule has 2 heterocycles. The molecule has 2 aromatic rings. The summed E-state index contributed by atoms with van der Waals surface area (Å²) in [5.41, 5.74) is -1.39. The first kappa shape index (κ1) is 16.0. The van der Waals surface area contributed by atoms with Crippen LogP contribution in [0.5, 0.6) is 0 Å². The molecule has 1 aromatic heterocycles. The summed E-state index contributed by atoms with van der Waals surface area (Å²) in [5, 5.41) is 10.7. The average molecular weight is 362 g/mol. The van der Waals surface area contributed by atoms with Crippen LogP contribution in [-0.2, 0) is 17.8 Å². The van der Waals surface area contributed by atoms with E-state index in [0.717, 1.165) is 12.1 Å². The highest BCUT2D eigenvalue weighted by molar-refractivity contribution is 6.33. The van der Waals surface area contributed by atoms with Gasteiger partial charge in [0.1, 0.15) is 16.0 Å². The van der Waals surface area contributed by atoms with Crippen LogP contribution in [0.4, 0.5) is 10.1 Å². The van der Waals surface area contributed by atoms with Crippen molar-refractivity contribution in [2.45, 2.75) is 13.1 Å². The molecule has 1 aliphatic rings. The molecule has 0 atom stereocenters. The molecule has 3 rings (SSSR count). The molecule has 0 amide bonds. The van der Waals surface area contributed by atoms with Crippen molar-refractivity contribution in [3.63, 3.8) is 0 Å². The zero-order valence-corrected chi connectivity index (χ0v) is 13.1. The molecule has 0 spiro atoms. The first-order valence-electron chi connectivity index (χ1n) is 6.62. The molecule has 0 bridgehead atoms. The lowest BCUT2D eigenvalue weighted by Gasteiger charge is -2.06. The van der Waals surface area contributed by atoms with E-state index in [4.69, 9.17) is 27.9 Å². The summed E-state index contributed by atoms with van der Waals surface area (Å²) >= 11 is 11.9. The van der Waals surface area contributed by atoms with E-state index in [1.165, 1.54) is 9.36 Å². The van der Waals surface area contributed by atoms with E-state index in [-0.39, 0.29) is 27.8 Å². The fourth-order valence-electron chi connectivity index (χ4n) is 2.50. The van der Waals surface area contributed by atoms with Gasteiger partial charge < -0.3 is 4.74 Å². The molecule has 1 aliphatic heterocycles. The van der Waals surface area contributed by atoms with E-state index in [9.17, 15) is 19.3 Å². The van der Waals surface area contributed by atoms with E-state index in [0.29, 0.717) is 19.8 Å². The molecule has 122 valence electrons. The molecular formula is C13H10Cl2FN3O4. The Labute approximate surface area is 138 Å². The molecule has 0 saturated carbocycles. The van der Waals surface area contributed by atoms with Crippen molar-refractivity contribution in [3.05, 3.63) is 48.6 Å². The summed E-state index contributed by atoms with van der Waals surface area (Å²) in [4.78, 5) is 22.8. The molecule has 1 aromatic carbocycles. The molecule has 23 heavy (non-hydrogen) atoms. The van der Waals surface area contributed by atoms with Crippen LogP contribution < -0.4 is 5.56 Å². The predicted molar refractivity (Wildman–Crippen MR) is 81.6 cm³/mol. The number of hydrogen-bond acceptors (Lipinski definition) is 4. The summed E-state index contributed by atoms with van der Waals surface area (Å²) in [6.07, 6.45) is 0. The van der Waals surface area contributed by atoms with Gasteiger partial charge in [-0.3, -0.25) is 19.6 Å². The van der Waals surface area contributed by atoms with Gasteiger partial charge in [0.15, 0.2) is 0 Å². The predicted octanol–water partition coefficient (Wildman–Crippen LogP) is 2.70. The number of nitrogens with zero attached hydrogens (tertiary/aromatic N) is 3. The third kappa shape index (κ3) is 2.62. The average Bonchev–Trinajstić information content (AvgIpc) is 2.68. The minimum atomic E-state index is -0.850. The Morgan fingerprint density at radius 1 is 1.22 bits per heavy atom. The molecule has 0 saturated heterocycles. The number of nitro benzene ring substituents is 1. The van der Waals surface area contributed by atoms with Crippen molar-refractivity contribution in [2.24, 2.45) is 0 Å². The minimum Gasteiger partial charge on any atom is -0.378 e. The summed E-state index contributed by atoms with van der Waals surface area (Å²) in [5.74, 6) is -0.850. The summed E-state index contributed by atoms with van der Waals surface area (Å²) in [7, 11) is 0. The van der Waals surface area contributed by atoms with E-state index in [2.05, 4.69) is 0 Å². The van der Waals surface area contributed by atoms with Crippen molar-refractivity contribution in [1.29, 1.82) is 0 Å². The fraction of sp³-hybridized carbons (Fsp3) is 0.308. The van der Waals surface area contributed by atoms with Crippen LogP contribution >= 0.6 is 23.2 Å². The van der Waals surface area contributed by atoms with Gasteiger partial charge in [-0.25, -0.2) is 9.07 Å². The van der Waals surface area contributed by atoms with Crippen LogP contribution in [0, 0.1) is 15.9 Å². The van der Waals surface area contributed by atoms with Crippen molar-refractivity contribution in [1.82, 2.24) is 9.36 Å². The number of benzene rings is 1. The highest BCUT2D eigenvalue weighted by Gasteiger charge is 2.26. The molecular weight excluding hydrogens is 352 g/mol. The lowest BCUT2D eigenvalue weighted by molar-refractivity contribution is -0.384. The second-order valence-corrected chi connectivity index (χ2v) is 5.64. The highest BCUT2D eigenvalue weighted by Crippen LogP contribution is 2.35. The first-order chi connectivity index (χ1) is 10.9. The van der Waals surface area contributed by atoms with Crippen molar-refractivity contribution in [2.75, 3.05) is 13.2 Å². The zero-order chi connectivity index (χ0) is 16.7. The monoisotopic (exact) mass is 361 g/mol. The second-order valence-electron chi connectivity index (χ2n) is 4.87. The largest absolute Gasteiger partial charge is 0.378 e. The van der Waals surface area contributed by atoms with E-state index >= 15 is 0 Å². The lowest BCUT2D eigenvalue weighted by atomic mass is 10.1. The summed E-state index contributed by atoms with van der Waals surface area (Å²) in [6, 6.07) is 1.73. The maximum atomic E-state index is 14.2. The maximum absolute atomic E-state index is 14.2. The van der Waals surface area contributed by atoms with Crippen LogP contribution in [0.15, 0.2) is 16.9 Å². The molecule has 0 fully saturated rings. The van der Waals surface area contributed by atoms with Crippen LogP contribution in [0.3, 0.4) is 0 Å². The Bertz CT molecular complexity index is 862. The number of nitro groups is 1. The second kappa shape index (κ2) is 5.95. The van der Waals surface area contributed by atoms with Gasteiger partial charge in [-0.15, -0.1) is 0 Å². The Kier molecular flexibility index (Phi) is 4.13. The van der Waals surface area contributed by atoms with Gasteiger partial charge in [-0.05, 0) is 0 Å². The Hall–Kier alpha value is -1.90. The standard InChI is InChI=1S/C13H10Cl2FN3O4/c14-8-6-9(16)7(5-10(8)19(21)22)11-12(15)17-1-3-23-4-2-18(17)13(11)20/h5-6H,1-4H2. The first-order valence-corrected chi connectivity index (χ1v) is 7.38. The quantitative estimate of drug-likeness (QED) is 0.608. The lowest BCUT2D eigenvalue weighted by Crippen LogP contribution is -2.23. The van der Waals surface area contributed by atoms with Crippen molar-refractivity contribution >= 4 is 28.9 Å². The van der Waals surface area contributed by atoms with Gasteiger partial charge in [0.2, 0.25) is 0 Å². The van der Waals surface area contributed by atoms with E-state index in [1.54, 1.807) is 0 Å². The van der Waals surface area contributed by atoms with Crippen LogP contribution in [0.2, 0.25) is 10.2 Å². The topological polar surface area (TPSA) is 79.3 Å². The highest BCUT2D eigenvalue weighted by atomic mass is 35.5. The number of halogens is 3. The normalized spacial score (nSPS) is 14.4. The number of fused-ring (bicyclic) bond motifs is 1. The van der Waals surface area contributed by atoms with Gasteiger partial charge in [0, 0.05) is 17.7 Å². The smallest absolute Gasteiger partial charge is 0.288 e. The number of rotatable bonds is 2. The Morgan fingerprint density at radius 3 is 2.52 bits per heavy atom. The Balaban J connectivity index is 2.26. The molecule has 10 heteroatoms. The molecule has 0 radical (unpaired) electrons. The molecule has 0 N–H and O–H groups in total. The van der Waals surface area contributed by atoms with Crippen molar-refractivity contribution < 1.29 is 14.1 Å². The van der Waals surface area contributed by atoms with Crippen LogP contribution in [0.1, 0.15) is 0 Å². The van der Waals surface area contributed by atoms with Crippen LogP contribution in [0.25, 0.3) is 11.1 Å². The van der Waals surface area contributed by atoms with Gasteiger partial charge in [-0.1, -0.05) is 23.2 Å². The fourth-order valence-corrected chi connectivity index (χ4v) is 3.08. The summed E-state index contributed by atoms with van der Waals surface area (Å²) in [6.45, 7) is 1.26. The third-order valence-electron chi connectivity index (χ3n) is 3.57. The minimum absolute atomic E-state index is 0.0102. The Morgan fingerprint density at radius 2 is 1.87 bits per heavy atom. The van der Waals surface area contributed by atoms with Gasteiger partial charge >= 0.3 is 0 Å². The molecule has 0 unspecified atom stereocenters. The SMILES string of the molecule is O=c1c(-c2cc([N+](=O)[O-])c(Cl)cc2F)c(Cl)n2n1CCOCC2. The van der Waals surface area contributed by atoms with Gasteiger partial charge in [0.05, 0.1) is 36.8 Å². The van der Waals surface area contributed by atoms with E-state index < -0.39 is 22.0 Å². The van der Waals surface area contributed by atoms with Crippen molar-refractivity contribution in [3.8, 4) is 11.1 Å².